The van der Waals surface area contributed by atoms with Crippen LogP contribution >= 0.6 is 11.6 Å². The summed E-state index contributed by atoms with van der Waals surface area (Å²) >= 11 is 6.40. The second-order valence-electron chi connectivity index (χ2n) is 14.6. The second kappa shape index (κ2) is 21.3. The van der Waals surface area contributed by atoms with Gasteiger partial charge < -0.3 is 24.6 Å². The molecule has 8 nitrogen and oxygen atoms in total. The number of rotatable bonds is 12. The van der Waals surface area contributed by atoms with E-state index in [9.17, 15) is 9.00 Å². The number of hydrogen-bond acceptors (Lipinski definition) is 7. The van der Waals surface area contributed by atoms with Gasteiger partial charge in [0, 0.05) is 55.0 Å². The maximum atomic E-state index is 13.0. The Kier molecular flexibility index (Phi) is 17.3. The molecule has 2 aromatic carbocycles. The number of carbonyl (C=O) groups is 1. The molecule has 10 heteroatoms. The highest BCUT2D eigenvalue weighted by Crippen LogP contribution is 2.43. The van der Waals surface area contributed by atoms with Gasteiger partial charge in [0.1, 0.15) is 16.7 Å². The number of halogens is 1. The van der Waals surface area contributed by atoms with Crippen molar-refractivity contribution in [1.29, 1.82) is 0 Å². The zero-order valence-corrected chi connectivity index (χ0v) is 33.5. The highest BCUT2D eigenvalue weighted by Gasteiger charge is 2.38. The summed E-state index contributed by atoms with van der Waals surface area (Å²) in [5.41, 5.74) is 3.92. The third-order valence-corrected chi connectivity index (χ3v) is 11.9. The smallest absolute Gasteiger partial charge is 0.263 e. The summed E-state index contributed by atoms with van der Waals surface area (Å²) in [5, 5.41) is 4.01. The van der Waals surface area contributed by atoms with Crippen molar-refractivity contribution >= 4 is 34.2 Å². The molecule has 5 rings (SSSR count). The highest BCUT2D eigenvalue weighted by atomic mass is 35.5. The van der Waals surface area contributed by atoms with Crippen LogP contribution in [-0.2, 0) is 22.1 Å². The molecule has 5 atom stereocenters. The number of nitrogens with zero attached hydrogens (tertiary/aromatic N) is 2. The van der Waals surface area contributed by atoms with E-state index in [1.165, 1.54) is 50.0 Å². The first-order valence-corrected chi connectivity index (χ1v) is 20.8. The number of hydrogen-bond donors (Lipinski definition) is 2. The monoisotopic (exact) mass is 742 g/mol. The third kappa shape index (κ3) is 12.3. The van der Waals surface area contributed by atoms with E-state index < -0.39 is 11.0 Å². The summed E-state index contributed by atoms with van der Waals surface area (Å²) in [4.78, 5) is 17.8. The number of fused-ring (bicyclic) bond motifs is 1. The minimum atomic E-state index is -1.44. The number of anilines is 1. The van der Waals surface area contributed by atoms with Gasteiger partial charge in [-0.2, -0.15) is 0 Å². The largest absolute Gasteiger partial charge is 0.491 e. The van der Waals surface area contributed by atoms with Crippen LogP contribution in [0.15, 0.2) is 48.6 Å². The number of allylic oxidation sites excluding steroid dienone is 1. The highest BCUT2D eigenvalue weighted by molar-refractivity contribution is 7.84. The standard InChI is InChI=1S/C33H45ClN2O4S.C8H18N2/c1-6-8-10-31(39-5)29-14-11-25(29)19-36-20-26(28-15-13-27(34)17-23(28)9-7-2)21-40-32-16-12-24(18-30(32)36)33(37)35-41(38)22(3)4;1-10-7-4-2-3-5-9-6-8-10/h8,10,12-13,15-18,22,25-26,29,31H,6-7,9,11,14,19-21H2,1-5H3,(H,35,37);9H,2-8H2,1H3/b10-8+;. The number of carbonyl (C=O) groups excluding carboxylic acids is 1. The van der Waals surface area contributed by atoms with Crippen molar-refractivity contribution in [3.63, 3.8) is 0 Å². The van der Waals surface area contributed by atoms with Gasteiger partial charge in [-0.15, -0.1) is 0 Å². The molecule has 0 aromatic heterocycles. The molecular weight excluding hydrogens is 680 g/mol. The molecule has 1 amide bonds. The van der Waals surface area contributed by atoms with Crippen LogP contribution in [0.4, 0.5) is 5.69 Å². The molecule has 1 saturated heterocycles. The van der Waals surface area contributed by atoms with Gasteiger partial charge in [0.15, 0.2) is 0 Å². The van der Waals surface area contributed by atoms with Crippen molar-refractivity contribution in [2.45, 2.75) is 96.3 Å². The van der Waals surface area contributed by atoms with Crippen molar-refractivity contribution in [2.75, 3.05) is 64.9 Å². The summed E-state index contributed by atoms with van der Waals surface area (Å²) in [5.74, 6) is 1.47. The Balaban J connectivity index is 0.000000502. The fraction of sp³-hybridized carbons (Fsp3) is 0.634. The van der Waals surface area contributed by atoms with Crippen LogP contribution in [0.3, 0.4) is 0 Å². The predicted octanol–water partition coefficient (Wildman–Crippen LogP) is 7.78. The quantitative estimate of drug-likeness (QED) is 0.215. The second-order valence-corrected chi connectivity index (χ2v) is 16.8. The summed E-state index contributed by atoms with van der Waals surface area (Å²) in [6, 6.07) is 11.8. The Morgan fingerprint density at radius 2 is 1.94 bits per heavy atom. The molecule has 2 heterocycles. The van der Waals surface area contributed by atoms with Gasteiger partial charge in [0.05, 0.1) is 18.4 Å². The van der Waals surface area contributed by atoms with Crippen LogP contribution in [0.1, 0.15) is 100 Å². The van der Waals surface area contributed by atoms with Gasteiger partial charge in [-0.3, -0.25) is 9.52 Å². The van der Waals surface area contributed by atoms with Gasteiger partial charge in [0.2, 0.25) is 0 Å². The number of likely N-dealkylation sites (N-methyl/N-ethyl adjacent to an activating group) is 1. The van der Waals surface area contributed by atoms with Crippen LogP contribution in [0.25, 0.3) is 0 Å². The Morgan fingerprint density at radius 3 is 2.65 bits per heavy atom. The molecule has 2 aliphatic heterocycles. The molecular formula is C41H63ClN4O4S. The Labute approximate surface area is 315 Å². The lowest BCUT2D eigenvalue weighted by Crippen LogP contribution is -2.44. The normalized spacial score (nSPS) is 22.6. The van der Waals surface area contributed by atoms with Gasteiger partial charge in [-0.05, 0) is 126 Å². The molecule has 1 aliphatic carbocycles. The van der Waals surface area contributed by atoms with Gasteiger partial charge in [-0.25, -0.2) is 4.21 Å². The lowest BCUT2D eigenvalue weighted by molar-refractivity contribution is 0.0135. The average molecular weight is 743 g/mol. The predicted molar refractivity (Wildman–Crippen MR) is 214 cm³/mol. The molecule has 0 spiro atoms. The fourth-order valence-electron chi connectivity index (χ4n) is 7.24. The maximum Gasteiger partial charge on any atom is 0.263 e. The van der Waals surface area contributed by atoms with Crippen LogP contribution < -0.4 is 19.7 Å². The molecule has 2 fully saturated rings. The number of amides is 1. The van der Waals surface area contributed by atoms with Crippen molar-refractivity contribution in [3.05, 3.63) is 70.3 Å². The molecule has 0 radical (unpaired) electrons. The minimum Gasteiger partial charge on any atom is -0.491 e. The number of benzene rings is 2. The fourth-order valence-corrected chi connectivity index (χ4v) is 7.97. The first-order chi connectivity index (χ1) is 24.6. The van der Waals surface area contributed by atoms with Crippen LogP contribution in [0.5, 0.6) is 5.75 Å². The topological polar surface area (TPSA) is 83.1 Å². The number of methoxy groups -OCH3 is 1. The zero-order valence-electron chi connectivity index (χ0n) is 31.9. The van der Waals surface area contributed by atoms with E-state index in [4.69, 9.17) is 21.1 Å². The van der Waals surface area contributed by atoms with Crippen LogP contribution in [0.2, 0.25) is 5.02 Å². The SMILES string of the molecule is CC/C=C/C(OC)C1CCC1CN1CC(c2ccc(Cl)cc2CCC)COc2ccc(C(=O)NS(=O)C(C)C)cc21.CN1CCCCCNCC1. The van der Waals surface area contributed by atoms with Crippen molar-refractivity contribution < 1.29 is 18.5 Å². The molecule has 3 aliphatic rings. The molecule has 0 bridgehead atoms. The lowest BCUT2D eigenvalue weighted by atomic mass is 9.70. The van der Waals surface area contributed by atoms with Crippen molar-refractivity contribution in [1.82, 2.24) is 14.9 Å². The van der Waals surface area contributed by atoms with E-state index in [1.807, 2.05) is 32.0 Å². The molecule has 2 aromatic rings. The average Bonchev–Trinajstić information content (AvgIpc) is 3.18. The van der Waals surface area contributed by atoms with Gasteiger partial charge >= 0.3 is 0 Å². The third-order valence-electron chi connectivity index (χ3n) is 10.4. The molecule has 284 valence electrons. The van der Waals surface area contributed by atoms with Crippen LogP contribution in [0, 0.1) is 11.8 Å². The Hall–Kier alpha value is -2.43. The van der Waals surface area contributed by atoms with E-state index in [0.29, 0.717) is 24.0 Å². The first-order valence-electron chi connectivity index (χ1n) is 19.2. The molecule has 1 saturated carbocycles. The van der Waals surface area contributed by atoms with E-state index in [0.717, 1.165) is 68.2 Å². The number of nitrogens with one attached hydrogen (secondary N) is 2. The Morgan fingerprint density at radius 1 is 1.12 bits per heavy atom. The summed E-state index contributed by atoms with van der Waals surface area (Å²) in [7, 11) is 2.56. The first kappa shape index (κ1) is 41.3. The lowest BCUT2D eigenvalue weighted by Gasteiger charge is -2.43. The summed E-state index contributed by atoms with van der Waals surface area (Å²) < 4.78 is 27.3. The van der Waals surface area contributed by atoms with E-state index in [-0.39, 0.29) is 23.2 Å². The zero-order chi connectivity index (χ0) is 36.8. The Bertz CT molecular complexity index is 1430. The minimum absolute atomic E-state index is 0.0998. The molecule has 5 unspecified atom stereocenters. The van der Waals surface area contributed by atoms with Gasteiger partial charge in [-0.1, -0.05) is 56.5 Å². The number of aryl methyl sites for hydroxylation is 1. The maximum absolute atomic E-state index is 13.0. The van der Waals surface area contributed by atoms with E-state index >= 15 is 0 Å². The molecule has 51 heavy (non-hydrogen) atoms. The number of ether oxygens (including phenoxy) is 2. The van der Waals surface area contributed by atoms with E-state index in [2.05, 4.69) is 65.0 Å². The van der Waals surface area contributed by atoms with E-state index in [1.54, 1.807) is 13.2 Å². The summed E-state index contributed by atoms with van der Waals surface area (Å²) in [6.45, 7) is 15.0. The summed E-state index contributed by atoms with van der Waals surface area (Å²) in [6.07, 6.45) is 13.9. The van der Waals surface area contributed by atoms with Crippen molar-refractivity contribution in [2.24, 2.45) is 11.8 Å². The van der Waals surface area contributed by atoms with Crippen molar-refractivity contribution in [3.8, 4) is 5.75 Å². The molecule has 2 N–H and O–H groups in total. The van der Waals surface area contributed by atoms with Gasteiger partial charge in [0.25, 0.3) is 5.91 Å². The van der Waals surface area contributed by atoms with Crippen LogP contribution in [-0.4, -0.2) is 86.4 Å².